The van der Waals surface area contributed by atoms with Crippen LogP contribution >= 0.6 is 11.6 Å². The summed E-state index contributed by atoms with van der Waals surface area (Å²) in [6, 6.07) is 9.31. The van der Waals surface area contributed by atoms with E-state index in [0.717, 1.165) is 30.1 Å². The number of rotatable bonds is 6. The lowest BCUT2D eigenvalue weighted by atomic mass is 9.68. The van der Waals surface area contributed by atoms with E-state index in [1.165, 1.54) is 75.3 Å². The highest BCUT2D eigenvalue weighted by molar-refractivity contribution is 6.25. The van der Waals surface area contributed by atoms with Crippen LogP contribution in [0.2, 0.25) is 0 Å². The summed E-state index contributed by atoms with van der Waals surface area (Å²) in [5.74, 6) is 3.74. The molecule has 2 aliphatic rings. The molecular formula is C24H35Cl. The molecular weight excluding hydrogens is 324 g/mol. The molecule has 1 heteroatoms. The molecule has 0 nitrogen and oxygen atoms in total. The van der Waals surface area contributed by atoms with E-state index in [-0.39, 0.29) is 0 Å². The Morgan fingerprint density at radius 3 is 1.96 bits per heavy atom. The number of hydrogen-bond donors (Lipinski definition) is 0. The van der Waals surface area contributed by atoms with Gasteiger partial charge in [-0.2, -0.15) is 0 Å². The van der Waals surface area contributed by atoms with Gasteiger partial charge in [-0.05, 0) is 92.6 Å². The summed E-state index contributed by atoms with van der Waals surface area (Å²) >= 11 is 5.74. The molecule has 138 valence electrons. The molecule has 2 fully saturated rings. The SMILES string of the molecule is CCc1ccc(CCC2CCC(C3CCC(/C=C/Cl)CC3)CC2)cc1. The van der Waals surface area contributed by atoms with Gasteiger partial charge in [0.15, 0.2) is 0 Å². The minimum absolute atomic E-state index is 0.754. The molecule has 0 N–H and O–H groups in total. The van der Waals surface area contributed by atoms with Crippen molar-refractivity contribution >= 4 is 11.6 Å². The first-order valence-corrected chi connectivity index (χ1v) is 11.1. The maximum atomic E-state index is 5.74. The number of aryl methyl sites for hydroxylation is 2. The average Bonchev–Trinajstić information content (AvgIpc) is 2.68. The fraction of sp³-hybridized carbons (Fsp3) is 0.667. The second-order valence-corrected chi connectivity index (χ2v) is 8.73. The predicted octanol–water partition coefficient (Wildman–Crippen LogP) is 7.55. The minimum atomic E-state index is 0.754. The van der Waals surface area contributed by atoms with Crippen LogP contribution in [0, 0.1) is 23.7 Å². The molecule has 0 bridgehead atoms. The van der Waals surface area contributed by atoms with Crippen LogP contribution in [0.25, 0.3) is 0 Å². The number of benzene rings is 1. The van der Waals surface area contributed by atoms with E-state index in [4.69, 9.17) is 11.6 Å². The summed E-state index contributed by atoms with van der Waals surface area (Å²) in [6.07, 6.45) is 17.5. The molecule has 25 heavy (non-hydrogen) atoms. The van der Waals surface area contributed by atoms with E-state index >= 15 is 0 Å². The van der Waals surface area contributed by atoms with Gasteiger partial charge in [-0.25, -0.2) is 0 Å². The van der Waals surface area contributed by atoms with Crippen LogP contribution in [0.5, 0.6) is 0 Å². The van der Waals surface area contributed by atoms with Gasteiger partial charge in [0, 0.05) is 5.54 Å². The lowest BCUT2D eigenvalue weighted by molar-refractivity contribution is 0.153. The van der Waals surface area contributed by atoms with Crippen molar-refractivity contribution < 1.29 is 0 Å². The van der Waals surface area contributed by atoms with E-state index in [0.29, 0.717) is 0 Å². The number of allylic oxidation sites excluding steroid dienone is 1. The molecule has 3 rings (SSSR count). The Kier molecular flexibility index (Phi) is 7.47. The molecule has 2 aliphatic carbocycles. The van der Waals surface area contributed by atoms with Gasteiger partial charge in [0.2, 0.25) is 0 Å². The molecule has 0 aromatic heterocycles. The molecule has 2 saturated carbocycles. The molecule has 0 saturated heterocycles. The van der Waals surface area contributed by atoms with Crippen molar-refractivity contribution in [1.82, 2.24) is 0 Å². The van der Waals surface area contributed by atoms with Gasteiger partial charge in [-0.3, -0.25) is 0 Å². The maximum Gasteiger partial charge on any atom is 0.000525 e. The fourth-order valence-electron chi connectivity index (χ4n) is 5.17. The molecule has 1 aromatic carbocycles. The van der Waals surface area contributed by atoms with E-state index < -0.39 is 0 Å². The molecule has 1 aromatic rings. The Labute approximate surface area is 160 Å². The minimum Gasteiger partial charge on any atom is -0.0933 e. The van der Waals surface area contributed by atoms with Gasteiger partial charge in [0.25, 0.3) is 0 Å². The van der Waals surface area contributed by atoms with Gasteiger partial charge in [0.05, 0.1) is 0 Å². The van der Waals surface area contributed by atoms with Gasteiger partial charge in [-0.1, -0.05) is 61.7 Å². The van der Waals surface area contributed by atoms with Gasteiger partial charge < -0.3 is 0 Å². The lowest BCUT2D eigenvalue weighted by Crippen LogP contribution is -2.25. The first-order valence-electron chi connectivity index (χ1n) is 10.6. The van der Waals surface area contributed by atoms with Crippen molar-refractivity contribution in [2.75, 3.05) is 0 Å². The molecule has 0 unspecified atom stereocenters. The van der Waals surface area contributed by atoms with Gasteiger partial charge in [0.1, 0.15) is 0 Å². The second-order valence-electron chi connectivity index (χ2n) is 8.48. The van der Waals surface area contributed by atoms with Crippen LogP contribution in [0.4, 0.5) is 0 Å². The van der Waals surface area contributed by atoms with Gasteiger partial charge in [-0.15, -0.1) is 0 Å². The third kappa shape index (κ3) is 5.61. The third-order valence-electron chi connectivity index (χ3n) is 6.99. The van der Waals surface area contributed by atoms with Crippen LogP contribution < -0.4 is 0 Å². The van der Waals surface area contributed by atoms with Crippen molar-refractivity contribution in [3.05, 3.63) is 47.0 Å². The third-order valence-corrected chi connectivity index (χ3v) is 7.14. The predicted molar refractivity (Wildman–Crippen MR) is 110 cm³/mol. The van der Waals surface area contributed by atoms with E-state index in [1.807, 2.05) is 0 Å². The molecule has 0 amide bonds. The van der Waals surface area contributed by atoms with Crippen molar-refractivity contribution in [3.8, 4) is 0 Å². The zero-order chi connectivity index (χ0) is 17.5. The first-order chi connectivity index (χ1) is 12.3. The zero-order valence-electron chi connectivity index (χ0n) is 15.9. The van der Waals surface area contributed by atoms with Crippen molar-refractivity contribution in [3.63, 3.8) is 0 Å². The lowest BCUT2D eigenvalue weighted by Gasteiger charge is -2.37. The number of hydrogen-bond acceptors (Lipinski definition) is 0. The second kappa shape index (κ2) is 9.81. The van der Waals surface area contributed by atoms with Crippen LogP contribution in [-0.4, -0.2) is 0 Å². The van der Waals surface area contributed by atoms with E-state index in [9.17, 15) is 0 Å². The Morgan fingerprint density at radius 1 is 0.840 bits per heavy atom. The first kappa shape index (κ1) is 19.0. The van der Waals surface area contributed by atoms with Crippen LogP contribution in [0.1, 0.15) is 75.8 Å². The van der Waals surface area contributed by atoms with Crippen molar-refractivity contribution in [2.45, 2.75) is 77.6 Å². The monoisotopic (exact) mass is 358 g/mol. The molecule has 0 radical (unpaired) electrons. The Hall–Kier alpha value is -0.750. The summed E-state index contributed by atoms with van der Waals surface area (Å²) in [7, 11) is 0. The summed E-state index contributed by atoms with van der Waals surface area (Å²) < 4.78 is 0. The average molecular weight is 359 g/mol. The topological polar surface area (TPSA) is 0 Å². The van der Waals surface area contributed by atoms with Crippen LogP contribution in [-0.2, 0) is 12.8 Å². The molecule has 0 aliphatic heterocycles. The molecule has 0 spiro atoms. The quantitative estimate of drug-likeness (QED) is 0.492. The summed E-state index contributed by atoms with van der Waals surface area (Å²) in [4.78, 5) is 0. The Balaban J connectivity index is 1.37. The summed E-state index contributed by atoms with van der Waals surface area (Å²) in [6.45, 7) is 2.23. The van der Waals surface area contributed by atoms with Crippen molar-refractivity contribution in [1.29, 1.82) is 0 Å². The maximum absolute atomic E-state index is 5.74. The van der Waals surface area contributed by atoms with Crippen LogP contribution in [0.15, 0.2) is 35.9 Å². The Morgan fingerprint density at radius 2 is 1.40 bits per heavy atom. The fourth-order valence-corrected chi connectivity index (χ4v) is 5.38. The largest absolute Gasteiger partial charge is 0.0933 e. The van der Waals surface area contributed by atoms with Crippen molar-refractivity contribution in [2.24, 2.45) is 23.7 Å². The molecule has 0 heterocycles. The zero-order valence-corrected chi connectivity index (χ0v) is 16.7. The highest BCUT2D eigenvalue weighted by atomic mass is 35.5. The Bertz CT molecular complexity index is 514. The van der Waals surface area contributed by atoms with E-state index in [2.05, 4.69) is 37.3 Å². The standard InChI is InChI=1S/C24H35Cl/c1-2-19-3-5-20(6-4-19)7-8-21-9-13-23(14-10-21)24-15-11-22(12-16-24)17-18-25/h3-6,17-18,21-24H,2,7-16H2,1H3/b18-17+. The van der Waals surface area contributed by atoms with E-state index in [1.54, 1.807) is 5.54 Å². The van der Waals surface area contributed by atoms with Crippen LogP contribution in [0.3, 0.4) is 0 Å². The summed E-state index contributed by atoms with van der Waals surface area (Å²) in [5, 5.41) is 0. The highest BCUT2D eigenvalue weighted by Gasteiger charge is 2.30. The highest BCUT2D eigenvalue weighted by Crippen LogP contribution is 2.42. The smallest absolute Gasteiger partial charge is 0.000525 e. The normalized spacial score (nSPS) is 30.6. The number of halogens is 1. The summed E-state index contributed by atoms with van der Waals surface area (Å²) in [5.41, 5.74) is 4.72. The van der Waals surface area contributed by atoms with Gasteiger partial charge >= 0.3 is 0 Å². The molecule has 0 atom stereocenters.